The summed E-state index contributed by atoms with van der Waals surface area (Å²) in [4.78, 5) is 11.8. The number of hydrogen-bond donors (Lipinski definition) is 0. The van der Waals surface area contributed by atoms with Crippen LogP contribution in [-0.2, 0) is 9.53 Å². The number of carbonyl (C=O) groups is 1. The van der Waals surface area contributed by atoms with Crippen LogP contribution in [0.3, 0.4) is 0 Å². The average Bonchev–Trinajstić information content (AvgIpc) is 2.71. The second-order valence-electron chi connectivity index (χ2n) is 3.20. The first-order chi connectivity index (χ1) is 7.79. The number of methoxy groups -OCH3 is 1. The molecule has 0 spiro atoms. The second-order valence-corrected chi connectivity index (χ2v) is 4.29. The third kappa shape index (κ3) is 2.41. The monoisotopic (exact) mass is 230 g/mol. The lowest BCUT2D eigenvalue weighted by Gasteiger charge is -1.88. The quantitative estimate of drug-likeness (QED) is 0.556. The van der Waals surface area contributed by atoms with Crippen molar-refractivity contribution in [1.29, 1.82) is 0 Å². The van der Waals surface area contributed by atoms with Crippen LogP contribution < -0.4 is 0 Å². The van der Waals surface area contributed by atoms with E-state index in [9.17, 15) is 4.79 Å². The maximum atomic E-state index is 10.9. The Morgan fingerprint density at radius 1 is 1.44 bits per heavy atom. The highest BCUT2D eigenvalue weighted by Gasteiger charge is 1.98. The number of rotatable bonds is 1. The predicted octanol–water partition coefficient (Wildman–Crippen LogP) is 2.82. The molecule has 0 fully saturated rings. The molecular formula is C13H10O2S. The number of esters is 1. The highest BCUT2D eigenvalue weighted by atomic mass is 32.1. The lowest BCUT2D eigenvalue weighted by molar-refractivity contribution is -0.139. The zero-order chi connectivity index (χ0) is 11.4. The summed E-state index contributed by atoms with van der Waals surface area (Å²) >= 11 is 1.63. The van der Waals surface area contributed by atoms with Gasteiger partial charge >= 0.3 is 5.97 Å². The smallest absolute Gasteiger partial charge is 0.317 e. The fourth-order valence-electron chi connectivity index (χ4n) is 1.32. The zero-order valence-corrected chi connectivity index (χ0v) is 9.64. The molecule has 2 nitrogen and oxygen atoms in total. The van der Waals surface area contributed by atoms with E-state index >= 15 is 0 Å². The first kappa shape index (κ1) is 10.7. The maximum Gasteiger partial charge on any atom is 0.317 e. The summed E-state index contributed by atoms with van der Waals surface area (Å²) in [5.74, 6) is 5.47. The maximum absolute atomic E-state index is 10.9. The van der Waals surface area contributed by atoms with E-state index < -0.39 is 0 Å². The number of carbonyl (C=O) groups excluding carboxylic acids is 1. The van der Waals surface area contributed by atoms with E-state index in [0.29, 0.717) is 0 Å². The van der Waals surface area contributed by atoms with Gasteiger partial charge < -0.3 is 4.74 Å². The second kappa shape index (κ2) is 4.82. The highest BCUT2D eigenvalue weighted by Crippen LogP contribution is 2.24. The van der Waals surface area contributed by atoms with E-state index in [1.807, 2.05) is 18.2 Å². The average molecular weight is 230 g/mol. The van der Waals surface area contributed by atoms with Crippen molar-refractivity contribution in [3.05, 3.63) is 35.2 Å². The molecule has 0 N–H and O–H groups in total. The van der Waals surface area contributed by atoms with Gasteiger partial charge in [0.15, 0.2) is 0 Å². The Morgan fingerprint density at radius 2 is 2.25 bits per heavy atom. The van der Waals surface area contributed by atoms with Crippen LogP contribution in [0.5, 0.6) is 0 Å². The van der Waals surface area contributed by atoms with Gasteiger partial charge in [0.25, 0.3) is 0 Å². The molecule has 0 atom stereocenters. The van der Waals surface area contributed by atoms with Crippen molar-refractivity contribution in [2.75, 3.05) is 7.11 Å². The first-order valence-corrected chi connectivity index (χ1v) is 5.65. The number of ether oxygens (including phenoxy) is 1. The molecule has 80 valence electrons. The molecule has 1 heterocycles. The molecule has 1 aromatic heterocycles. The van der Waals surface area contributed by atoms with Crippen molar-refractivity contribution < 1.29 is 9.53 Å². The molecule has 1 aromatic carbocycles. The number of hydrogen-bond acceptors (Lipinski definition) is 3. The Hall–Kier alpha value is -1.79. The van der Waals surface area contributed by atoms with Crippen molar-refractivity contribution in [3.8, 4) is 11.8 Å². The Kier molecular flexibility index (Phi) is 3.23. The summed E-state index contributed by atoms with van der Waals surface area (Å²) in [6.45, 7) is 0. The van der Waals surface area contributed by atoms with E-state index in [2.05, 4.69) is 28.7 Å². The van der Waals surface area contributed by atoms with Gasteiger partial charge in [-0.3, -0.25) is 4.79 Å². The molecule has 0 unspecified atom stereocenters. The molecule has 16 heavy (non-hydrogen) atoms. The topological polar surface area (TPSA) is 26.3 Å². The molecule has 3 heteroatoms. The fourth-order valence-corrected chi connectivity index (χ4v) is 2.26. The van der Waals surface area contributed by atoms with Gasteiger partial charge in [-0.1, -0.05) is 30.0 Å². The van der Waals surface area contributed by atoms with Crippen LogP contribution in [0.25, 0.3) is 10.1 Å². The van der Waals surface area contributed by atoms with Gasteiger partial charge in [0.05, 0.1) is 12.0 Å². The molecule has 0 aliphatic rings. The largest absolute Gasteiger partial charge is 0.468 e. The van der Waals surface area contributed by atoms with E-state index in [-0.39, 0.29) is 12.4 Å². The van der Waals surface area contributed by atoms with Crippen LogP contribution in [0, 0.1) is 11.8 Å². The zero-order valence-electron chi connectivity index (χ0n) is 8.82. The summed E-state index contributed by atoms with van der Waals surface area (Å²) in [7, 11) is 1.36. The molecule has 0 saturated carbocycles. The van der Waals surface area contributed by atoms with Gasteiger partial charge in [0, 0.05) is 4.70 Å². The Bertz CT molecular complexity index is 539. The molecule has 0 amide bonds. The van der Waals surface area contributed by atoms with Crippen molar-refractivity contribution in [1.82, 2.24) is 0 Å². The normalized spacial score (nSPS) is 9.56. The van der Waals surface area contributed by atoms with Gasteiger partial charge in [-0.05, 0) is 17.5 Å². The van der Waals surface area contributed by atoms with E-state index in [1.165, 1.54) is 17.2 Å². The number of fused-ring (bicyclic) bond motifs is 1. The summed E-state index contributed by atoms with van der Waals surface area (Å²) in [6, 6.07) is 10.2. The molecule has 2 rings (SSSR count). The summed E-state index contributed by atoms with van der Waals surface area (Å²) in [5, 5.41) is 1.19. The van der Waals surface area contributed by atoms with Crippen molar-refractivity contribution in [2.24, 2.45) is 0 Å². The Labute approximate surface area is 97.9 Å². The molecule has 0 saturated heterocycles. The van der Waals surface area contributed by atoms with Gasteiger partial charge in [-0.15, -0.1) is 11.3 Å². The molecule has 0 aliphatic heterocycles. The van der Waals surface area contributed by atoms with Crippen molar-refractivity contribution in [2.45, 2.75) is 6.42 Å². The highest BCUT2D eigenvalue weighted by molar-refractivity contribution is 7.19. The van der Waals surface area contributed by atoms with Crippen molar-refractivity contribution in [3.63, 3.8) is 0 Å². The lowest BCUT2D eigenvalue weighted by atomic mass is 10.2. The summed E-state index contributed by atoms with van der Waals surface area (Å²) < 4.78 is 5.72. The molecule has 2 aromatic rings. The van der Waals surface area contributed by atoms with E-state index in [4.69, 9.17) is 0 Å². The van der Waals surface area contributed by atoms with Crippen LogP contribution in [0.15, 0.2) is 30.3 Å². The molecular weight excluding hydrogens is 220 g/mol. The van der Waals surface area contributed by atoms with Crippen molar-refractivity contribution >= 4 is 27.4 Å². The lowest BCUT2D eigenvalue weighted by Crippen LogP contribution is -1.96. The van der Waals surface area contributed by atoms with Gasteiger partial charge in [0.2, 0.25) is 0 Å². The number of benzene rings is 1. The summed E-state index contributed by atoms with van der Waals surface area (Å²) in [5.41, 5.74) is 0. The van der Waals surface area contributed by atoms with E-state index in [0.717, 1.165) is 4.88 Å². The van der Waals surface area contributed by atoms with Crippen LogP contribution in [-0.4, -0.2) is 13.1 Å². The first-order valence-electron chi connectivity index (χ1n) is 4.84. The Morgan fingerprint density at radius 3 is 3.00 bits per heavy atom. The third-order valence-corrected chi connectivity index (χ3v) is 3.13. The van der Waals surface area contributed by atoms with Crippen LogP contribution in [0.1, 0.15) is 11.3 Å². The van der Waals surface area contributed by atoms with Gasteiger partial charge in [-0.2, -0.15) is 0 Å². The van der Waals surface area contributed by atoms with Gasteiger partial charge in [-0.25, -0.2) is 0 Å². The van der Waals surface area contributed by atoms with Crippen LogP contribution in [0.2, 0.25) is 0 Å². The SMILES string of the molecule is COC(=O)CC#Cc1cc2ccccc2s1. The number of thiophene rings is 1. The fraction of sp³-hybridized carbons (Fsp3) is 0.154. The molecule has 0 bridgehead atoms. The van der Waals surface area contributed by atoms with Gasteiger partial charge in [0.1, 0.15) is 6.42 Å². The minimum atomic E-state index is -0.298. The van der Waals surface area contributed by atoms with Crippen LogP contribution in [0.4, 0.5) is 0 Å². The molecule has 0 radical (unpaired) electrons. The predicted molar refractivity (Wildman–Crippen MR) is 65.3 cm³/mol. The third-order valence-electron chi connectivity index (χ3n) is 2.10. The van der Waals surface area contributed by atoms with Crippen LogP contribution >= 0.6 is 11.3 Å². The minimum absolute atomic E-state index is 0.144. The Balaban J connectivity index is 2.18. The standard InChI is InChI=1S/C13H10O2S/c1-15-13(14)8-4-6-11-9-10-5-2-3-7-12(10)16-11/h2-3,5,7,9H,8H2,1H3. The molecule has 0 aliphatic carbocycles. The summed E-state index contributed by atoms with van der Waals surface area (Å²) in [6.07, 6.45) is 0.144. The van der Waals surface area contributed by atoms with E-state index in [1.54, 1.807) is 11.3 Å². The minimum Gasteiger partial charge on any atom is -0.468 e.